The topological polar surface area (TPSA) is 48.5 Å². The van der Waals surface area contributed by atoms with Gasteiger partial charge in [-0.25, -0.2) is 4.79 Å². The molecule has 24 heavy (non-hydrogen) atoms. The van der Waals surface area contributed by atoms with Gasteiger partial charge in [0.15, 0.2) is 0 Å². The molecular formula is C19H24N4O. The SMILES string of the molecule is Cc1ccc(NC(=O)N2CC(N(C)Cc3cccnc3)C2)cc1C. The van der Waals surface area contributed by atoms with E-state index in [0.29, 0.717) is 6.04 Å². The number of likely N-dealkylation sites (N-methyl/N-ethyl adjacent to an activating group) is 1. The molecule has 0 saturated carbocycles. The fourth-order valence-corrected chi connectivity index (χ4v) is 2.83. The van der Waals surface area contributed by atoms with E-state index >= 15 is 0 Å². The zero-order chi connectivity index (χ0) is 17.1. The van der Waals surface area contributed by atoms with Crippen molar-refractivity contribution in [3.05, 3.63) is 59.4 Å². The van der Waals surface area contributed by atoms with Gasteiger partial charge in [0.2, 0.25) is 0 Å². The third-order valence-electron chi connectivity index (χ3n) is 4.69. The number of rotatable bonds is 4. The summed E-state index contributed by atoms with van der Waals surface area (Å²) in [5.74, 6) is 0. The lowest BCUT2D eigenvalue weighted by Crippen LogP contribution is -2.60. The van der Waals surface area contributed by atoms with Gasteiger partial charge in [0.05, 0.1) is 0 Å². The van der Waals surface area contributed by atoms with Gasteiger partial charge in [-0.2, -0.15) is 0 Å². The molecule has 1 aliphatic rings. The predicted molar refractivity (Wildman–Crippen MR) is 96.0 cm³/mol. The smallest absolute Gasteiger partial charge is 0.321 e. The normalized spacial score (nSPS) is 14.6. The summed E-state index contributed by atoms with van der Waals surface area (Å²) in [5.41, 5.74) is 4.47. The number of nitrogens with zero attached hydrogens (tertiary/aromatic N) is 3. The van der Waals surface area contributed by atoms with Crippen LogP contribution in [0.2, 0.25) is 0 Å². The number of pyridine rings is 1. The van der Waals surface area contributed by atoms with Gasteiger partial charge in [0, 0.05) is 43.8 Å². The molecular weight excluding hydrogens is 300 g/mol. The summed E-state index contributed by atoms with van der Waals surface area (Å²) in [7, 11) is 2.09. The Morgan fingerprint density at radius 1 is 1.29 bits per heavy atom. The molecule has 5 heteroatoms. The Labute approximate surface area is 143 Å². The molecule has 1 saturated heterocycles. The lowest BCUT2D eigenvalue weighted by molar-refractivity contribution is 0.0743. The van der Waals surface area contributed by atoms with Crippen molar-refractivity contribution in [3.63, 3.8) is 0 Å². The second-order valence-electron chi connectivity index (χ2n) is 6.56. The first-order valence-corrected chi connectivity index (χ1v) is 8.25. The quantitative estimate of drug-likeness (QED) is 0.940. The van der Waals surface area contributed by atoms with Crippen LogP contribution in [0.1, 0.15) is 16.7 Å². The minimum absolute atomic E-state index is 0.0238. The zero-order valence-electron chi connectivity index (χ0n) is 14.5. The van der Waals surface area contributed by atoms with E-state index in [2.05, 4.69) is 42.2 Å². The van der Waals surface area contributed by atoms with E-state index in [1.807, 2.05) is 35.4 Å². The molecule has 0 spiro atoms. The van der Waals surface area contributed by atoms with Crippen LogP contribution >= 0.6 is 0 Å². The molecule has 1 fully saturated rings. The van der Waals surface area contributed by atoms with Crippen LogP contribution in [0, 0.1) is 13.8 Å². The van der Waals surface area contributed by atoms with Crippen LogP contribution in [0.4, 0.5) is 10.5 Å². The van der Waals surface area contributed by atoms with Crippen molar-refractivity contribution < 1.29 is 4.79 Å². The summed E-state index contributed by atoms with van der Waals surface area (Å²) in [6, 6.07) is 10.4. The Balaban J connectivity index is 1.48. The molecule has 126 valence electrons. The monoisotopic (exact) mass is 324 g/mol. The van der Waals surface area contributed by atoms with E-state index in [1.165, 1.54) is 16.7 Å². The minimum atomic E-state index is -0.0238. The standard InChI is InChI=1S/C19H24N4O/c1-14-6-7-17(9-15(14)2)21-19(24)23-12-18(13-23)22(3)11-16-5-4-8-20-10-16/h4-10,18H,11-13H2,1-3H3,(H,21,24). The summed E-state index contributed by atoms with van der Waals surface area (Å²) >= 11 is 0. The van der Waals surface area contributed by atoms with Gasteiger partial charge in [-0.05, 0) is 55.8 Å². The number of likely N-dealkylation sites (tertiary alicyclic amines) is 1. The lowest BCUT2D eigenvalue weighted by atomic mass is 10.1. The number of carbonyl (C=O) groups is 1. The van der Waals surface area contributed by atoms with Crippen molar-refractivity contribution in [3.8, 4) is 0 Å². The Hall–Kier alpha value is -2.40. The first-order valence-electron chi connectivity index (χ1n) is 8.25. The Kier molecular flexibility index (Phi) is 4.81. The number of benzene rings is 1. The molecule has 0 radical (unpaired) electrons. The maximum atomic E-state index is 12.3. The van der Waals surface area contributed by atoms with Crippen LogP contribution < -0.4 is 5.32 Å². The fraction of sp³-hybridized carbons (Fsp3) is 0.368. The van der Waals surface area contributed by atoms with Crippen LogP contribution in [-0.2, 0) is 6.54 Å². The first kappa shape index (κ1) is 16.5. The van der Waals surface area contributed by atoms with Crippen molar-refractivity contribution in [2.45, 2.75) is 26.4 Å². The van der Waals surface area contributed by atoms with Gasteiger partial charge < -0.3 is 10.2 Å². The van der Waals surface area contributed by atoms with E-state index < -0.39 is 0 Å². The molecule has 0 unspecified atom stereocenters. The van der Waals surface area contributed by atoms with E-state index in [9.17, 15) is 4.79 Å². The highest BCUT2D eigenvalue weighted by atomic mass is 16.2. The Morgan fingerprint density at radius 3 is 2.75 bits per heavy atom. The van der Waals surface area contributed by atoms with Gasteiger partial charge in [-0.15, -0.1) is 0 Å². The maximum Gasteiger partial charge on any atom is 0.321 e. The number of aromatic nitrogens is 1. The number of carbonyl (C=O) groups excluding carboxylic acids is 1. The molecule has 0 bridgehead atoms. The average molecular weight is 324 g/mol. The summed E-state index contributed by atoms with van der Waals surface area (Å²) in [4.78, 5) is 20.6. The van der Waals surface area contributed by atoms with E-state index in [1.54, 1.807) is 6.20 Å². The molecule has 5 nitrogen and oxygen atoms in total. The highest BCUT2D eigenvalue weighted by molar-refractivity contribution is 5.90. The van der Waals surface area contributed by atoms with E-state index in [4.69, 9.17) is 0 Å². The molecule has 1 aliphatic heterocycles. The highest BCUT2D eigenvalue weighted by Gasteiger charge is 2.33. The van der Waals surface area contributed by atoms with Gasteiger partial charge in [0.25, 0.3) is 0 Å². The number of anilines is 1. The highest BCUT2D eigenvalue weighted by Crippen LogP contribution is 2.19. The lowest BCUT2D eigenvalue weighted by Gasteiger charge is -2.43. The number of urea groups is 1. The van der Waals surface area contributed by atoms with Gasteiger partial charge >= 0.3 is 6.03 Å². The molecule has 2 heterocycles. The molecule has 3 rings (SSSR count). The van der Waals surface area contributed by atoms with Gasteiger partial charge in [-0.1, -0.05) is 12.1 Å². The van der Waals surface area contributed by atoms with Crippen LogP contribution in [0.25, 0.3) is 0 Å². The number of aryl methyl sites for hydroxylation is 2. The third kappa shape index (κ3) is 3.74. The molecule has 0 atom stereocenters. The molecule has 1 aromatic heterocycles. The molecule has 1 N–H and O–H groups in total. The van der Waals surface area contributed by atoms with Gasteiger partial charge in [0.1, 0.15) is 0 Å². The molecule has 2 amide bonds. The number of hydrogen-bond acceptors (Lipinski definition) is 3. The van der Waals surface area contributed by atoms with Crippen LogP contribution in [-0.4, -0.2) is 47.0 Å². The summed E-state index contributed by atoms with van der Waals surface area (Å²) in [6.07, 6.45) is 3.67. The maximum absolute atomic E-state index is 12.3. The van der Waals surface area contributed by atoms with E-state index in [-0.39, 0.29) is 6.03 Å². The fourth-order valence-electron chi connectivity index (χ4n) is 2.83. The van der Waals surface area contributed by atoms with Crippen LogP contribution in [0.5, 0.6) is 0 Å². The number of amides is 2. The zero-order valence-corrected chi connectivity index (χ0v) is 14.5. The van der Waals surface area contributed by atoms with Crippen molar-refractivity contribution >= 4 is 11.7 Å². The van der Waals surface area contributed by atoms with Crippen molar-refractivity contribution in [2.75, 3.05) is 25.5 Å². The molecule has 1 aromatic carbocycles. The minimum Gasteiger partial charge on any atom is -0.321 e. The van der Waals surface area contributed by atoms with Crippen molar-refractivity contribution in [1.82, 2.24) is 14.8 Å². The number of hydrogen-bond donors (Lipinski definition) is 1. The second-order valence-corrected chi connectivity index (χ2v) is 6.56. The molecule has 2 aromatic rings. The average Bonchev–Trinajstić information content (AvgIpc) is 2.50. The van der Waals surface area contributed by atoms with Crippen molar-refractivity contribution in [2.24, 2.45) is 0 Å². The predicted octanol–water partition coefficient (Wildman–Crippen LogP) is 3.05. The summed E-state index contributed by atoms with van der Waals surface area (Å²) in [5, 5.41) is 2.98. The third-order valence-corrected chi connectivity index (χ3v) is 4.69. The summed E-state index contributed by atoms with van der Waals surface area (Å²) < 4.78 is 0. The first-order chi connectivity index (χ1) is 11.5. The molecule has 0 aliphatic carbocycles. The van der Waals surface area contributed by atoms with Crippen LogP contribution in [0.15, 0.2) is 42.7 Å². The van der Waals surface area contributed by atoms with E-state index in [0.717, 1.165) is 25.3 Å². The van der Waals surface area contributed by atoms with Gasteiger partial charge in [-0.3, -0.25) is 9.88 Å². The summed E-state index contributed by atoms with van der Waals surface area (Å²) in [6.45, 7) is 6.49. The Morgan fingerprint density at radius 2 is 2.08 bits per heavy atom. The van der Waals surface area contributed by atoms with Crippen LogP contribution in [0.3, 0.4) is 0 Å². The second kappa shape index (κ2) is 7.01. The number of nitrogens with one attached hydrogen (secondary N) is 1. The van der Waals surface area contributed by atoms with Crippen molar-refractivity contribution in [1.29, 1.82) is 0 Å². The largest absolute Gasteiger partial charge is 0.321 e. The Bertz CT molecular complexity index is 711.